The zero-order valence-corrected chi connectivity index (χ0v) is 25.7. The third-order valence-corrected chi connectivity index (χ3v) is 8.89. The molecule has 0 radical (unpaired) electrons. The number of ether oxygens (including phenoxy) is 2. The van der Waals surface area contributed by atoms with Crippen molar-refractivity contribution >= 4 is 29.0 Å². The summed E-state index contributed by atoms with van der Waals surface area (Å²) < 4.78 is 28.8. The minimum Gasteiger partial charge on any atom is -0.457 e. The van der Waals surface area contributed by atoms with Gasteiger partial charge in [-0.2, -0.15) is 5.10 Å². The minimum absolute atomic E-state index is 0.0607. The van der Waals surface area contributed by atoms with E-state index in [2.05, 4.69) is 10.00 Å². The maximum Gasteiger partial charge on any atom is 0.410 e. The standard InChI is InChI=1S/C33H45FN4O5/c1-21-5-9-26(39)18-31(40)43-32(22(2)6-10-30(21)42-33(41)37-13-11-36(4)12-14-37)23(3)15-25-16-28(34)27-20-38(19-24-7-8-24)35-29(27)17-25/h6,10,15-17,20-22,24,26,30,32,39H,5,7-9,11-14,18-19H2,1-4H3/b10-6?,23-15+/t21-,22-,26+,30-,32-/m0/s1. The Morgan fingerprint density at radius 1 is 1.14 bits per heavy atom. The Bertz CT molecular complexity index is 1360. The maximum atomic E-state index is 15.1. The van der Waals surface area contributed by atoms with Gasteiger partial charge in [0.05, 0.1) is 23.4 Å². The zero-order valence-electron chi connectivity index (χ0n) is 25.7. The molecule has 0 bridgehead atoms. The van der Waals surface area contributed by atoms with Crippen molar-refractivity contribution in [1.82, 2.24) is 19.6 Å². The number of aromatic nitrogens is 2. The van der Waals surface area contributed by atoms with Crippen LogP contribution in [0.4, 0.5) is 9.18 Å². The smallest absolute Gasteiger partial charge is 0.410 e. The number of carbonyl (C=O) groups excluding carboxylic acids is 2. The molecule has 10 heteroatoms. The number of carbonyl (C=O) groups is 2. The molecule has 3 aliphatic rings. The molecule has 0 spiro atoms. The molecule has 9 nitrogen and oxygen atoms in total. The van der Waals surface area contributed by atoms with Gasteiger partial charge in [-0.1, -0.05) is 26.0 Å². The first-order valence-electron chi connectivity index (χ1n) is 15.6. The molecule has 1 N–H and O–H groups in total. The third-order valence-electron chi connectivity index (χ3n) is 8.89. The third kappa shape index (κ3) is 8.23. The molecule has 2 fully saturated rings. The molecular weight excluding hydrogens is 551 g/mol. The van der Waals surface area contributed by atoms with Crippen LogP contribution in [0.1, 0.15) is 58.4 Å². The van der Waals surface area contributed by atoms with E-state index in [4.69, 9.17) is 9.47 Å². The van der Waals surface area contributed by atoms with Crippen LogP contribution in [0.5, 0.6) is 0 Å². The van der Waals surface area contributed by atoms with E-state index >= 15 is 4.39 Å². The second kappa shape index (κ2) is 13.6. The number of esters is 1. The van der Waals surface area contributed by atoms with Crippen molar-refractivity contribution in [2.75, 3.05) is 33.2 Å². The number of likely N-dealkylation sites (N-methyl/N-ethyl adjacent to an activating group) is 1. The highest BCUT2D eigenvalue weighted by molar-refractivity contribution is 5.82. The lowest BCUT2D eigenvalue weighted by molar-refractivity contribution is -0.151. The van der Waals surface area contributed by atoms with Gasteiger partial charge in [0.15, 0.2) is 0 Å². The first kappa shape index (κ1) is 31.2. The van der Waals surface area contributed by atoms with Crippen molar-refractivity contribution in [1.29, 1.82) is 0 Å². The summed E-state index contributed by atoms with van der Waals surface area (Å²) in [6.45, 7) is 9.41. The van der Waals surface area contributed by atoms with E-state index in [1.54, 1.807) is 11.1 Å². The number of rotatable bonds is 5. The Kier molecular flexibility index (Phi) is 9.86. The van der Waals surface area contributed by atoms with Gasteiger partial charge in [0.2, 0.25) is 0 Å². The predicted octanol–water partition coefficient (Wildman–Crippen LogP) is 5.03. The second-order valence-electron chi connectivity index (χ2n) is 12.8. The summed E-state index contributed by atoms with van der Waals surface area (Å²) in [5, 5.41) is 15.7. The van der Waals surface area contributed by atoms with E-state index < -0.39 is 24.3 Å². The highest BCUT2D eigenvalue weighted by atomic mass is 19.1. The number of halogens is 1. The van der Waals surface area contributed by atoms with Crippen LogP contribution in [0.3, 0.4) is 0 Å². The maximum absolute atomic E-state index is 15.1. The van der Waals surface area contributed by atoms with Gasteiger partial charge in [-0.15, -0.1) is 0 Å². The van der Waals surface area contributed by atoms with Crippen LogP contribution < -0.4 is 0 Å². The molecule has 2 aliphatic heterocycles. The van der Waals surface area contributed by atoms with Gasteiger partial charge in [0, 0.05) is 44.8 Å². The number of amides is 1. The second-order valence-corrected chi connectivity index (χ2v) is 12.8. The molecule has 1 amide bonds. The predicted molar refractivity (Wildman–Crippen MR) is 163 cm³/mol. The van der Waals surface area contributed by atoms with Crippen LogP contribution in [-0.4, -0.2) is 88.3 Å². The Morgan fingerprint density at radius 3 is 2.60 bits per heavy atom. The van der Waals surface area contributed by atoms with E-state index in [-0.39, 0.29) is 30.2 Å². The fourth-order valence-corrected chi connectivity index (χ4v) is 5.87. The normalized spacial score (nSPS) is 28.3. The van der Waals surface area contributed by atoms with E-state index in [1.165, 1.54) is 18.9 Å². The quantitative estimate of drug-likeness (QED) is 0.382. The highest BCUT2D eigenvalue weighted by Crippen LogP contribution is 2.32. The van der Waals surface area contributed by atoms with E-state index in [0.717, 1.165) is 25.2 Å². The fourth-order valence-electron chi connectivity index (χ4n) is 5.87. The Hall–Kier alpha value is -3.24. The Morgan fingerprint density at radius 2 is 1.88 bits per heavy atom. The monoisotopic (exact) mass is 596 g/mol. The SMILES string of the molecule is C/C(=C\c1cc(F)c2cn(CC3CC3)nc2c1)[C@H]1OC(=O)C[C@H](O)CC[C@H](C)[C@@H](OC(=O)N2CCN(C)CC2)C=C[C@@H]1C. The molecule has 43 heavy (non-hydrogen) atoms. The number of benzene rings is 1. The summed E-state index contributed by atoms with van der Waals surface area (Å²) in [4.78, 5) is 29.8. The van der Waals surface area contributed by atoms with Gasteiger partial charge in [0.25, 0.3) is 0 Å². The molecule has 234 valence electrons. The van der Waals surface area contributed by atoms with E-state index in [0.29, 0.717) is 48.3 Å². The lowest BCUT2D eigenvalue weighted by Gasteiger charge is -2.33. The number of aliphatic hydroxyl groups is 1. The summed E-state index contributed by atoms with van der Waals surface area (Å²) in [5.41, 5.74) is 1.95. The summed E-state index contributed by atoms with van der Waals surface area (Å²) in [5.74, 6) is -0.545. The molecule has 1 aromatic heterocycles. The summed E-state index contributed by atoms with van der Waals surface area (Å²) in [6.07, 6.45) is 8.24. The van der Waals surface area contributed by atoms with Crippen LogP contribution in [-0.2, 0) is 20.8 Å². The molecule has 1 saturated carbocycles. The summed E-state index contributed by atoms with van der Waals surface area (Å²) in [6, 6.07) is 3.33. The average molecular weight is 597 g/mol. The topological polar surface area (TPSA) is 97.1 Å². The highest BCUT2D eigenvalue weighted by Gasteiger charge is 2.29. The van der Waals surface area contributed by atoms with E-state index in [1.807, 2.05) is 56.8 Å². The van der Waals surface area contributed by atoms with Crippen LogP contribution >= 0.6 is 0 Å². The van der Waals surface area contributed by atoms with Crippen molar-refractivity contribution < 1.29 is 28.6 Å². The first-order chi connectivity index (χ1) is 20.5. The fraction of sp³-hybridized carbons (Fsp3) is 0.606. The molecule has 5 atom stereocenters. The van der Waals surface area contributed by atoms with Gasteiger partial charge >= 0.3 is 12.1 Å². The van der Waals surface area contributed by atoms with Crippen molar-refractivity contribution in [3.8, 4) is 0 Å². The van der Waals surface area contributed by atoms with Gasteiger partial charge in [-0.3, -0.25) is 9.48 Å². The lowest BCUT2D eigenvalue weighted by atomic mass is 9.91. The minimum atomic E-state index is -0.866. The number of piperazine rings is 1. The van der Waals surface area contributed by atoms with Gasteiger partial charge in [0.1, 0.15) is 18.0 Å². The summed E-state index contributed by atoms with van der Waals surface area (Å²) >= 11 is 0. The number of hydrogen-bond donors (Lipinski definition) is 1. The van der Waals surface area contributed by atoms with Crippen molar-refractivity contribution in [2.45, 2.75) is 77.7 Å². The lowest BCUT2D eigenvalue weighted by Crippen LogP contribution is -2.48. The summed E-state index contributed by atoms with van der Waals surface area (Å²) in [7, 11) is 2.03. The molecule has 1 aliphatic carbocycles. The van der Waals surface area contributed by atoms with Gasteiger partial charge < -0.3 is 24.4 Å². The molecule has 0 unspecified atom stereocenters. The Labute approximate surface area is 253 Å². The number of hydrogen-bond acceptors (Lipinski definition) is 7. The molecule has 1 aromatic carbocycles. The number of nitrogens with zero attached hydrogens (tertiary/aromatic N) is 4. The van der Waals surface area contributed by atoms with Crippen LogP contribution in [0.2, 0.25) is 0 Å². The van der Waals surface area contributed by atoms with Crippen LogP contribution in [0.25, 0.3) is 17.0 Å². The number of cyclic esters (lactones) is 1. The van der Waals surface area contributed by atoms with Crippen molar-refractivity contribution in [3.63, 3.8) is 0 Å². The van der Waals surface area contributed by atoms with Crippen molar-refractivity contribution in [3.05, 3.63) is 47.4 Å². The molecule has 1 saturated heterocycles. The van der Waals surface area contributed by atoms with Gasteiger partial charge in [-0.25, -0.2) is 9.18 Å². The largest absolute Gasteiger partial charge is 0.457 e. The molecule has 3 heterocycles. The first-order valence-corrected chi connectivity index (χ1v) is 15.6. The van der Waals surface area contributed by atoms with Gasteiger partial charge in [-0.05, 0) is 80.8 Å². The van der Waals surface area contributed by atoms with Crippen LogP contribution in [0.15, 0.2) is 36.1 Å². The molecule has 5 rings (SSSR count). The van der Waals surface area contributed by atoms with E-state index in [9.17, 15) is 14.7 Å². The van der Waals surface area contributed by atoms with Crippen LogP contribution in [0, 0.1) is 23.6 Å². The molecular formula is C33H45FN4O5. The Balaban J connectivity index is 1.37. The number of fused-ring (bicyclic) bond motifs is 1. The molecule has 2 aromatic rings. The number of aliphatic hydroxyl groups excluding tert-OH is 1. The van der Waals surface area contributed by atoms with Crippen molar-refractivity contribution in [2.24, 2.45) is 17.8 Å². The zero-order chi connectivity index (χ0) is 30.7. The average Bonchev–Trinajstić information content (AvgIpc) is 3.68.